The summed E-state index contributed by atoms with van der Waals surface area (Å²) in [5.74, 6) is -0.488. The number of benzene rings is 2. The maximum Gasteiger partial charge on any atom is 0.252 e. The molecule has 0 saturated carbocycles. The van der Waals surface area contributed by atoms with Crippen molar-refractivity contribution in [3.63, 3.8) is 0 Å². The van der Waals surface area contributed by atoms with E-state index in [9.17, 15) is 9.59 Å². The fourth-order valence-corrected chi connectivity index (χ4v) is 2.14. The molecule has 22 heavy (non-hydrogen) atoms. The van der Waals surface area contributed by atoms with Crippen molar-refractivity contribution in [3.8, 4) is 0 Å². The van der Waals surface area contributed by atoms with E-state index in [1.807, 2.05) is 50.2 Å². The minimum Gasteiger partial charge on any atom is -0.341 e. The van der Waals surface area contributed by atoms with E-state index in [4.69, 9.17) is 0 Å². The van der Waals surface area contributed by atoms with Gasteiger partial charge in [-0.1, -0.05) is 30.3 Å². The lowest BCUT2D eigenvalue weighted by Crippen LogP contribution is -2.41. The molecule has 114 valence electrons. The highest BCUT2D eigenvalue weighted by atomic mass is 16.2. The van der Waals surface area contributed by atoms with Crippen molar-refractivity contribution >= 4 is 17.5 Å². The predicted octanol–water partition coefficient (Wildman–Crippen LogP) is 3.06. The lowest BCUT2D eigenvalue weighted by Gasteiger charge is -2.15. The van der Waals surface area contributed by atoms with Crippen LogP contribution in [0, 0.1) is 13.8 Å². The molecule has 0 aliphatic heterocycles. The van der Waals surface area contributed by atoms with E-state index in [-0.39, 0.29) is 11.8 Å². The molecule has 2 amide bonds. The molecular formula is C18H20N2O2. The van der Waals surface area contributed by atoms with E-state index in [0.717, 1.165) is 16.8 Å². The van der Waals surface area contributed by atoms with Gasteiger partial charge in [-0.2, -0.15) is 0 Å². The monoisotopic (exact) mass is 296 g/mol. The van der Waals surface area contributed by atoms with Crippen LogP contribution in [0.4, 0.5) is 5.69 Å². The fourth-order valence-electron chi connectivity index (χ4n) is 2.14. The van der Waals surface area contributed by atoms with E-state index in [1.54, 1.807) is 19.1 Å². The van der Waals surface area contributed by atoms with Crippen LogP contribution in [-0.4, -0.2) is 17.9 Å². The Bertz CT molecular complexity index is 695. The van der Waals surface area contributed by atoms with Gasteiger partial charge in [0.25, 0.3) is 5.91 Å². The highest BCUT2D eigenvalue weighted by Gasteiger charge is 2.17. The van der Waals surface area contributed by atoms with Crippen LogP contribution in [-0.2, 0) is 4.79 Å². The van der Waals surface area contributed by atoms with Crippen LogP contribution in [0.5, 0.6) is 0 Å². The molecule has 0 spiro atoms. The predicted molar refractivity (Wildman–Crippen MR) is 87.9 cm³/mol. The zero-order chi connectivity index (χ0) is 16.1. The Balaban J connectivity index is 1.99. The van der Waals surface area contributed by atoms with Crippen LogP contribution >= 0.6 is 0 Å². The molecule has 1 atom stereocenters. The van der Waals surface area contributed by atoms with Crippen molar-refractivity contribution in [2.75, 3.05) is 5.32 Å². The zero-order valence-electron chi connectivity index (χ0n) is 13.0. The molecule has 2 aromatic carbocycles. The second kappa shape index (κ2) is 6.89. The summed E-state index contributed by atoms with van der Waals surface area (Å²) in [4.78, 5) is 24.3. The van der Waals surface area contributed by atoms with Crippen molar-refractivity contribution in [3.05, 3.63) is 65.2 Å². The molecule has 0 heterocycles. The molecule has 0 aliphatic carbocycles. The maximum absolute atomic E-state index is 12.2. The summed E-state index contributed by atoms with van der Waals surface area (Å²) in [6.07, 6.45) is 0. The first-order valence-corrected chi connectivity index (χ1v) is 7.21. The first kappa shape index (κ1) is 15.8. The molecule has 0 saturated heterocycles. The van der Waals surface area contributed by atoms with Gasteiger partial charge in [0.2, 0.25) is 5.91 Å². The van der Waals surface area contributed by atoms with Crippen LogP contribution in [0.25, 0.3) is 0 Å². The summed E-state index contributed by atoms with van der Waals surface area (Å²) >= 11 is 0. The average molecular weight is 296 g/mol. The third-order valence-corrected chi connectivity index (χ3v) is 3.42. The minimum absolute atomic E-state index is 0.243. The molecule has 0 aromatic heterocycles. The average Bonchev–Trinajstić information content (AvgIpc) is 2.47. The Morgan fingerprint density at radius 2 is 1.73 bits per heavy atom. The van der Waals surface area contributed by atoms with E-state index >= 15 is 0 Å². The Hall–Kier alpha value is -2.62. The third-order valence-electron chi connectivity index (χ3n) is 3.42. The molecule has 0 fully saturated rings. The number of aryl methyl sites for hydroxylation is 2. The van der Waals surface area contributed by atoms with Gasteiger partial charge in [-0.3, -0.25) is 9.59 Å². The quantitative estimate of drug-likeness (QED) is 0.911. The number of hydrogen-bond donors (Lipinski definition) is 2. The van der Waals surface area contributed by atoms with Gasteiger partial charge >= 0.3 is 0 Å². The van der Waals surface area contributed by atoms with Gasteiger partial charge in [-0.25, -0.2) is 0 Å². The van der Waals surface area contributed by atoms with Crippen molar-refractivity contribution < 1.29 is 9.59 Å². The van der Waals surface area contributed by atoms with Crippen LogP contribution in [0.2, 0.25) is 0 Å². The fraction of sp³-hybridized carbons (Fsp3) is 0.222. The van der Waals surface area contributed by atoms with E-state index in [2.05, 4.69) is 10.6 Å². The van der Waals surface area contributed by atoms with Gasteiger partial charge in [0.05, 0.1) is 0 Å². The molecule has 0 radical (unpaired) electrons. The number of nitrogens with one attached hydrogen (secondary N) is 2. The van der Waals surface area contributed by atoms with Gasteiger partial charge in [0, 0.05) is 11.3 Å². The van der Waals surface area contributed by atoms with Gasteiger partial charge in [0.1, 0.15) is 6.04 Å². The first-order valence-electron chi connectivity index (χ1n) is 7.21. The van der Waals surface area contributed by atoms with E-state index in [0.29, 0.717) is 5.56 Å². The number of carbonyl (C=O) groups excluding carboxylic acids is 2. The van der Waals surface area contributed by atoms with Crippen LogP contribution in [0.1, 0.15) is 28.4 Å². The van der Waals surface area contributed by atoms with E-state index in [1.165, 1.54) is 0 Å². The molecule has 0 aliphatic rings. The summed E-state index contributed by atoms with van der Waals surface area (Å²) in [5.41, 5.74) is 3.25. The maximum atomic E-state index is 12.2. The molecule has 0 unspecified atom stereocenters. The lowest BCUT2D eigenvalue weighted by atomic mass is 10.1. The lowest BCUT2D eigenvalue weighted by molar-refractivity contribution is -0.117. The summed E-state index contributed by atoms with van der Waals surface area (Å²) in [5, 5.41) is 5.52. The number of amides is 2. The number of hydrogen-bond acceptors (Lipinski definition) is 2. The van der Waals surface area contributed by atoms with Crippen LogP contribution < -0.4 is 10.6 Å². The van der Waals surface area contributed by atoms with Gasteiger partial charge in [-0.05, 0) is 50.1 Å². The zero-order valence-corrected chi connectivity index (χ0v) is 13.0. The summed E-state index contributed by atoms with van der Waals surface area (Å²) in [7, 11) is 0. The van der Waals surface area contributed by atoms with Crippen LogP contribution in [0.3, 0.4) is 0 Å². The summed E-state index contributed by atoms with van der Waals surface area (Å²) in [6, 6.07) is 14.2. The van der Waals surface area contributed by atoms with Crippen molar-refractivity contribution in [2.24, 2.45) is 0 Å². The molecule has 0 bridgehead atoms. The van der Waals surface area contributed by atoms with Crippen molar-refractivity contribution in [2.45, 2.75) is 26.8 Å². The molecular weight excluding hydrogens is 276 g/mol. The third kappa shape index (κ3) is 3.95. The Morgan fingerprint density at radius 3 is 2.41 bits per heavy atom. The van der Waals surface area contributed by atoms with E-state index < -0.39 is 6.04 Å². The van der Waals surface area contributed by atoms with Crippen LogP contribution in [0.15, 0.2) is 48.5 Å². The van der Waals surface area contributed by atoms with Crippen molar-refractivity contribution in [1.29, 1.82) is 0 Å². The van der Waals surface area contributed by atoms with Gasteiger partial charge in [-0.15, -0.1) is 0 Å². The smallest absolute Gasteiger partial charge is 0.252 e. The molecule has 2 rings (SSSR count). The van der Waals surface area contributed by atoms with Crippen molar-refractivity contribution in [1.82, 2.24) is 5.32 Å². The van der Waals surface area contributed by atoms with Gasteiger partial charge in [0.15, 0.2) is 0 Å². The largest absolute Gasteiger partial charge is 0.341 e. The second-order valence-electron chi connectivity index (χ2n) is 5.37. The summed E-state index contributed by atoms with van der Waals surface area (Å²) < 4.78 is 0. The number of rotatable bonds is 4. The standard InChI is InChI=1S/C18H20N2O2/c1-12-7-6-9-15(11-12)20-17(21)14(3)19-18(22)16-10-5-4-8-13(16)2/h4-11,14H,1-3H3,(H,19,22)(H,20,21)/t14-/m0/s1. The summed E-state index contributed by atoms with van der Waals surface area (Å²) in [6.45, 7) is 5.49. The first-order chi connectivity index (χ1) is 10.5. The Labute approximate surface area is 130 Å². The molecule has 4 nitrogen and oxygen atoms in total. The number of carbonyl (C=O) groups is 2. The Morgan fingerprint density at radius 1 is 1.00 bits per heavy atom. The molecule has 4 heteroatoms. The normalized spacial score (nSPS) is 11.6. The second-order valence-corrected chi connectivity index (χ2v) is 5.37. The highest BCUT2D eigenvalue weighted by molar-refractivity contribution is 6.01. The Kier molecular flexibility index (Phi) is 4.94. The SMILES string of the molecule is Cc1cccc(NC(=O)[C@H](C)NC(=O)c2ccccc2C)c1. The molecule has 2 N–H and O–H groups in total. The topological polar surface area (TPSA) is 58.2 Å². The number of anilines is 1. The van der Waals surface area contributed by atoms with Gasteiger partial charge < -0.3 is 10.6 Å². The molecule has 2 aromatic rings. The minimum atomic E-state index is -0.618. The highest BCUT2D eigenvalue weighted by Crippen LogP contribution is 2.10.